The van der Waals surface area contributed by atoms with E-state index in [0.717, 1.165) is 22.3 Å². The number of phenolic OH excluding ortho intramolecular Hbond substituents is 1. The molecule has 130 valence electrons. The minimum absolute atomic E-state index is 0.197. The molecule has 3 heteroatoms. The van der Waals surface area contributed by atoms with Crippen molar-refractivity contribution >= 4 is 11.6 Å². The molecule has 1 N–H and O–H groups in total. The quantitative estimate of drug-likeness (QED) is 0.743. The molecule has 0 spiro atoms. The Labute approximate surface area is 150 Å². The number of hydrogen-bond acceptors (Lipinski definition) is 3. The molecule has 0 aliphatic rings. The van der Waals surface area contributed by atoms with Gasteiger partial charge in [0.2, 0.25) is 0 Å². The van der Waals surface area contributed by atoms with Crippen molar-refractivity contribution in [3.05, 3.63) is 58.9 Å². The van der Waals surface area contributed by atoms with E-state index in [2.05, 4.69) is 52.6 Å². The topological polar surface area (TPSA) is 56.9 Å². The smallest absolute Gasteiger partial charge is 0.123 e. The third-order valence-electron chi connectivity index (χ3n) is 4.17. The van der Waals surface area contributed by atoms with Crippen LogP contribution < -0.4 is 0 Å². The Hall–Kier alpha value is -2.60. The van der Waals surface area contributed by atoms with E-state index >= 15 is 0 Å². The van der Waals surface area contributed by atoms with Crippen molar-refractivity contribution in [2.24, 2.45) is 0 Å². The van der Waals surface area contributed by atoms with Crippen molar-refractivity contribution < 1.29 is 5.11 Å². The van der Waals surface area contributed by atoms with E-state index < -0.39 is 0 Å². The summed E-state index contributed by atoms with van der Waals surface area (Å²) in [5.41, 5.74) is 3.71. The van der Waals surface area contributed by atoms with Gasteiger partial charge in [-0.05, 0) is 52.3 Å². The van der Waals surface area contributed by atoms with Gasteiger partial charge in [-0.1, -0.05) is 41.5 Å². The Balaban J connectivity index is 2.70. The van der Waals surface area contributed by atoms with Crippen LogP contribution in [0.5, 0.6) is 5.75 Å². The number of aromatic nitrogens is 1. The highest BCUT2D eigenvalue weighted by molar-refractivity contribution is 5.89. The Morgan fingerprint density at radius 3 is 1.88 bits per heavy atom. The summed E-state index contributed by atoms with van der Waals surface area (Å²) in [4.78, 5) is 4.00. The van der Waals surface area contributed by atoms with E-state index in [1.165, 1.54) is 0 Å². The zero-order valence-corrected chi connectivity index (χ0v) is 15.9. The number of nitrogens with zero attached hydrogens (tertiary/aromatic N) is 2. The minimum Gasteiger partial charge on any atom is -0.507 e. The lowest BCUT2D eigenvalue weighted by atomic mass is 9.78. The Kier molecular flexibility index (Phi) is 5.04. The van der Waals surface area contributed by atoms with Crippen LogP contribution in [0.3, 0.4) is 0 Å². The number of nitriles is 1. The zero-order valence-electron chi connectivity index (χ0n) is 15.9. The molecule has 3 nitrogen and oxygen atoms in total. The molecule has 1 aromatic carbocycles. The SMILES string of the molecule is CC(C)(C)c1cc(/C=C(/C#N)c2ccncc2)cc(C(C)(C)C)c1O. The van der Waals surface area contributed by atoms with Crippen molar-refractivity contribution in [2.45, 2.75) is 52.4 Å². The number of rotatable bonds is 2. The fraction of sp³-hybridized carbons (Fsp3) is 0.364. The van der Waals surface area contributed by atoms with Crippen LogP contribution in [0, 0.1) is 11.3 Å². The number of aromatic hydroxyl groups is 1. The molecule has 0 saturated carbocycles. The molecule has 0 aliphatic heterocycles. The van der Waals surface area contributed by atoms with E-state index in [0.29, 0.717) is 11.3 Å². The lowest BCUT2D eigenvalue weighted by Gasteiger charge is -2.28. The van der Waals surface area contributed by atoms with Crippen molar-refractivity contribution in [3.8, 4) is 11.8 Å². The molecule has 0 atom stereocenters. The molecule has 0 amide bonds. The van der Waals surface area contributed by atoms with Gasteiger partial charge in [-0.25, -0.2) is 0 Å². The third kappa shape index (κ3) is 4.28. The van der Waals surface area contributed by atoms with Crippen LogP contribution in [0.2, 0.25) is 0 Å². The molecular formula is C22H26N2O. The van der Waals surface area contributed by atoms with Gasteiger partial charge < -0.3 is 5.11 Å². The lowest BCUT2D eigenvalue weighted by Crippen LogP contribution is -2.17. The number of pyridine rings is 1. The van der Waals surface area contributed by atoms with Gasteiger partial charge >= 0.3 is 0 Å². The fourth-order valence-electron chi connectivity index (χ4n) is 2.76. The lowest BCUT2D eigenvalue weighted by molar-refractivity contribution is 0.423. The second kappa shape index (κ2) is 6.72. The molecule has 0 fully saturated rings. The van der Waals surface area contributed by atoms with E-state index in [9.17, 15) is 10.4 Å². The van der Waals surface area contributed by atoms with E-state index in [-0.39, 0.29) is 10.8 Å². The Morgan fingerprint density at radius 2 is 1.48 bits per heavy atom. The maximum atomic E-state index is 10.8. The predicted octanol–water partition coefficient (Wildman–Crippen LogP) is 5.45. The second-order valence-corrected chi connectivity index (χ2v) is 8.37. The molecule has 0 saturated heterocycles. The molecule has 2 rings (SSSR count). The average Bonchev–Trinajstić information content (AvgIpc) is 2.52. The van der Waals surface area contributed by atoms with Gasteiger partial charge in [-0.15, -0.1) is 0 Å². The molecule has 25 heavy (non-hydrogen) atoms. The van der Waals surface area contributed by atoms with Crippen molar-refractivity contribution in [2.75, 3.05) is 0 Å². The van der Waals surface area contributed by atoms with E-state index in [4.69, 9.17) is 0 Å². The van der Waals surface area contributed by atoms with Crippen molar-refractivity contribution in [1.29, 1.82) is 5.26 Å². The summed E-state index contributed by atoms with van der Waals surface area (Å²) in [6, 6.07) is 9.87. The Morgan fingerprint density at radius 1 is 1.00 bits per heavy atom. The van der Waals surface area contributed by atoms with Crippen LogP contribution in [-0.2, 0) is 10.8 Å². The van der Waals surface area contributed by atoms with Gasteiger partial charge in [0.1, 0.15) is 5.75 Å². The van der Waals surface area contributed by atoms with Crippen LogP contribution in [0.25, 0.3) is 11.6 Å². The third-order valence-corrected chi connectivity index (χ3v) is 4.17. The summed E-state index contributed by atoms with van der Waals surface area (Å²) in [6.45, 7) is 12.5. The van der Waals surface area contributed by atoms with Gasteiger partial charge in [0.15, 0.2) is 0 Å². The Bertz CT molecular complexity index is 794. The first-order chi connectivity index (χ1) is 11.5. The van der Waals surface area contributed by atoms with Gasteiger partial charge in [-0.2, -0.15) is 5.26 Å². The van der Waals surface area contributed by atoms with Crippen LogP contribution in [-0.4, -0.2) is 10.1 Å². The molecule has 0 bridgehead atoms. The second-order valence-electron chi connectivity index (χ2n) is 8.37. The normalized spacial score (nSPS) is 12.8. The van der Waals surface area contributed by atoms with E-state index in [1.54, 1.807) is 12.4 Å². The number of allylic oxidation sites excluding steroid dienone is 1. The maximum Gasteiger partial charge on any atom is 0.123 e. The average molecular weight is 334 g/mol. The molecular weight excluding hydrogens is 308 g/mol. The van der Waals surface area contributed by atoms with Crippen LogP contribution >= 0.6 is 0 Å². The summed E-state index contributed by atoms with van der Waals surface area (Å²) in [7, 11) is 0. The van der Waals surface area contributed by atoms with Gasteiger partial charge in [-0.3, -0.25) is 4.98 Å². The van der Waals surface area contributed by atoms with E-state index in [1.807, 2.05) is 30.3 Å². The van der Waals surface area contributed by atoms with Gasteiger partial charge in [0, 0.05) is 23.5 Å². The zero-order chi connectivity index (χ0) is 18.8. The molecule has 1 heterocycles. The minimum atomic E-state index is -0.197. The molecule has 0 unspecified atom stereocenters. The number of benzene rings is 1. The number of phenols is 1. The monoisotopic (exact) mass is 334 g/mol. The first-order valence-electron chi connectivity index (χ1n) is 8.44. The predicted molar refractivity (Wildman–Crippen MR) is 103 cm³/mol. The standard InChI is InChI=1S/C22H26N2O/c1-21(2,3)18-12-15(13-19(20(18)25)22(4,5)6)11-17(14-23)16-7-9-24-10-8-16/h7-13,25H,1-6H3/b17-11-. The molecule has 0 radical (unpaired) electrons. The summed E-state index contributed by atoms with van der Waals surface area (Å²) in [5, 5.41) is 20.4. The first kappa shape index (κ1) is 18.7. The molecule has 0 aliphatic carbocycles. The van der Waals surface area contributed by atoms with Crippen LogP contribution in [0.1, 0.15) is 63.8 Å². The summed E-state index contributed by atoms with van der Waals surface area (Å²) in [5.74, 6) is 0.347. The van der Waals surface area contributed by atoms with Gasteiger partial charge in [0.05, 0.1) is 11.6 Å². The highest BCUT2D eigenvalue weighted by Crippen LogP contribution is 2.40. The van der Waals surface area contributed by atoms with Crippen LogP contribution in [0.15, 0.2) is 36.7 Å². The van der Waals surface area contributed by atoms with Crippen molar-refractivity contribution in [1.82, 2.24) is 4.98 Å². The molecule has 1 aromatic heterocycles. The van der Waals surface area contributed by atoms with Gasteiger partial charge in [0.25, 0.3) is 0 Å². The van der Waals surface area contributed by atoms with Crippen molar-refractivity contribution in [3.63, 3.8) is 0 Å². The maximum absolute atomic E-state index is 10.8. The summed E-state index contributed by atoms with van der Waals surface area (Å²) < 4.78 is 0. The first-order valence-corrected chi connectivity index (χ1v) is 8.44. The summed E-state index contributed by atoms with van der Waals surface area (Å²) >= 11 is 0. The number of hydrogen-bond donors (Lipinski definition) is 1. The highest BCUT2D eigenvalue weighted by atomic mass is 16.3. The highest BCUT2D eigenvalue weighted by Gasteiger charge is 2.26. The largest absolute Gasteiger partial charge is 0.507 e. The fourth-order valence-corrected chi connectivity index (χ4v) is 2.76. The van der Waals surface area contributed by atoms with Crippen LogP contribution in [0.4, 0.5) is 0 Å². The molecule has 2 aromatic rings. The summed E-state index contributed by atoms with van der Waals surface area (Å²) in [6.07, 6.45) is 5.23.